The normalized spacial score (nSPS) is 10.9. The zero-order valence-corrected chi connectivity index (χ0v) is 19.1. The fourth-order valence-corrected chi connectivity index (χ4v) is 3.30. The minimum absolute atomic E-state index is 0.0830. The fraction of sp³-hybridized carbons (Fsp3) is 0.120. The van der Waals surface area contributed by atoms with E-state index < -0.39 is 5.91 Å². The molecule has 0 bridgehead atoms. The third kappa shape index (κ3) is 6.72. The van der Waals surface area contributed by atoms with Crippen LogP contribution in [0.25, 0.3) is 6.08 Å². The maximum Gasteiger partial charge on any atom is 0.266 e. The highest BCUT2D eigenvalue weighted by atomic mass is 35.5. The Labute approximate surface area is 201 Å². The van der Waals surface area contributed by atoms with Crippen LogP contribution in [0.3, 0.4) is 0 Å². The quantitative estimate of drug-likeness (QED) is 0.286. The Balaban J connectivity index is 1.84. The molecule has 5 nitrogen and oxygen atoms in total. The Hall–Kier alpha value is -3.53. The lowest BCUT2D eigenvalue weighted by atomic mass is 10.1. The summed E-state index contributed by atoms with van der Waals surface area (Å²) < 4.78 is 24.9. The van der Waals surface area contributed by atoms with Gasteiger partial charge in [-0.25, -0.2) is 4.39 Å². The molecule has 0 saturated heterocycles. The molecule has 0 aliphatic rings. The Morgan fingerprint density at radius 3 is 2.55 bits per heavy atom. The summed E-state index contributed by atoms with van der Waals surface area (Å²) in [4.78, 5) is 12.5. The molecule has 0 atom stereocenters. The molecule has 0 aromatic heterocycles. The van der Waals surface area contributed by atoms with Gasteiger partial charge in [-0.2, -0.15) is 5.26 Å². The average Bonchev–Trinajstić information content (AvgIpc) is 2.78. The van der Waals surface area contributed by atoms with Crippen LogP contribution in [-0.2, 0) is 11.4 Å². The summed E-state index contributed by atoms with van der Waals surface area (Å²) in [5.74, 6) is -0.332. The number of halogens is 3. The first kappa shape index (κ1) is 24.1. The van der Waals surface area contributed by atoms with Crippen molar-refractivity contribution in [1.29, 1.82) is 5.26 Å². The van der Waals surface area contributed by atoms with Gasteiger partial charge in [-0.05, 0) is 72.7 Å². The van der Waals surface area contributed by atoms with Crippen molar-refractivity contribution < 1.29 is 18.7 Å². The van der Waals surface area contributed by atoms with Crippen LogP contribution in [0.5, 0.6) is 11.5 Å². The van der Waals surface area contributed by atoms with Gasteiger partial charge in [0.1, 0.15) is 24.1 Å². The molecule has 0 aliphatic heterocycles. The third-order valence-electron chi connectivity index (χ3n) is 4.38. The third-order valence-corrected chi connectivity index (χ3v) is 4.91. The van der Waals surface area contributed by atoms with E-state index in [4.69, 9.17) is 32.7 Å². The highest BCUT2D eigenvalue weighted by molar-refractivity contribution is 6.32. The Bertz CT molecular complexity index is 1220. The van der Waals surface area contributed by atoms with Crippen LogP contribution in [0.2, 0.25) is 10.0 Å². The summed E-state index contributed by atoms with van der Waals surface area (Å²) in [6.45, 7) is 2.22. The molecule has 0 unspecified atom stereocenters. The first-order valence-electron chi connectivity index (χ1n) is 9.92. The molecule has 0 aliphatic carbocycles. The molecule has 3 aromatic carbocycles. The molecule has 3 aromatic rings. The molecule has 8 heteroatoms. The second-order valence-electron chi connectivity index (χ2n) is 6.81. The van der Waals surface area contributed by atoms with Crippen LogP contribution < -0.4 is 14.8 Å². The van der Waals surface area contributed by atoms with Crippen LogP contribution in [0.15, 0.2) is 66.2 Å². The van der Waals surface area contributed by atoms with Crippen molar-refractivity contribution in [3.8, 4) is 17.6 Å². The van der Waals surface area contributed by atoms with Gasteiger partial charge in [-0.15, -0.1) is 0 Å². The molecule has 0 saturated carbocycles. The van der Waals surface area contributed by atoms with Crippen molar-refractivity contribution in [2.24, 2.45) is 0 Å². The van der Waals surface area contributed by atoms with Gasteiger partial charge in [0.05, 0.1) is 11.6 Å². The van der Waals surface area contributed by atoms with Crippen molar-refractivity contribution in [2.45, 2.75) is 13.5 Å². The SMILES string of the molecule is CCOc1cc(/C=C(\C#N)C(=O)Nc2ccc(Cl)cc2)cc(Cl)c1OCc1cccc(F)c1. The smallest absolute Gasteiger partial charge is 0.266 e. The summed E-state index contributed by atoms with van der Waals surface area (Å²) >= 11 is 12.3. The van der Waals surface area contributed by atoms with Gasteiger partial charge >= 0.3 is 0 Å². The second kappa shape index (κ2) is 11.4. The molecule has 0 heterocycles. The first-order chi connectivity index (χ1) is 15.9. The van der Waals surface area contributed by atoms with Gasteiger partial charge in [0.2, 0.25) is 0 Å². The molecule has 33 heavy (non-hydrogen) atoms. The molecule has 1 N–H and O–H groups in total. The van der Waals surface area contributed by atoms with E-state index in [1.807, 2.05) is 6.07 Å². The molecule has 0 radical (unpaired) electrons. The van der Waals surface area contributed by atoms with E-state index in [-0.39, 0.29) is 28.8 Å². The zero-order chi connectivity index (χ0) is 23.8. The summed E-state index contributed by atoms with van der Waals surface area (Å²) in [5.41, 5.74) is 1.48. The number of rotatable bonds is 8. The van der Waals surface area contributed by atoms with Crippen LogP contribution >= 0.6 is 23.2 Å². The predicted octanol–water partition coefficient (Wildman–Crippen LogP) is 6.66. The highest BCUT2D eigenvalue weighted by Gasteiger charge is 2.15. The molecule has 0 spiro atoms. The van der Waals surface area contributed by atoms with Crippen molar-refractivity contribution >= 4 is 40.9 Å². The maximum atomic E-state index is 13.4. The van der Waals surface area contributed by atoms with E-state index in [1.54, 1.807) is 55.5 Å². The number of carbonyl (C=O) groups is 1. The van der Waals surface area contributed by atoms with Gasteiger partial charge in [0.25, 0.3) is 5.91 Å². The number of nitrogens with one attached hydrogen (secondary N) is 1. The van der Waals surface area contributed by atoms with Gasteiger partial charge in [-0.3, -0.25) is 4.79 Å². The van der Waals surface area contributed by atoms with Crippen LogP contribution in [0, 0.1) is 17.1 Å². The van der Waals surface area contributed by atoms with Gasteiger partial charge in [-0.1, -0.05) is 35.3 Å². The molecular weight excluding hydrogens is 466 g/mol. The van der Waals surface area contributed by atoms with Crippen molar-refractivity contribution in [2.75, 3.05) is 11.9 Å². The zero-order valence-electron chi connectivity index (χ0n) is 17.6. The van der Waals surface area contributed by atoms with Crippen molar-refractivity contribution in [3.63, 3.8) is 0 Å². The van der Waals surface area contributed by atoms with E-state index >= 15 is 0 Å². The lowest BCUT2D eigenvalue weighted by molar-refractivity contribution is -0.112. The van der Waals surface area contributed by atoms with E-state index in [2.05, 4.69) is 5.32 Å². The number of nitrogens with zero attached hydrogens (tertiary/aromatic N) is 1. The van der Waals surface area contributed by atoms with Crippen LogP contribution in [0.1, 0.15) is 18.1 Å². The standard InChI is InChI=1S/C25H19Cl2FN2O3/c1-2-32-23-13-17(10-18(14-29)25(31)30-21-8-6-19(26)7-9-21)12-22(27)24(23)33-15-16-4-3-5-20(28)11-16/h3-13H,2,15H2,1H3,(H,30,31)/b18-10+. The monoisotopic (exact) mass is 484 g/mol. The largest absolute Gasteiger partial charge is 0.490 e. The second-order valence-corrected chi connectivity index (χ2v) is 7.66. The Kier molecular flexibility index (Phi) is 8.31. The maximum absolute atomic E-state index is 13.4. The first-order valence-corrected chi connectivity index (χ1v) is 10.7. The Morgan fingerprint density at radius 2 is 1.88 bits per heavy atom. The number of benzene rings is 3. The average molecular weight is 485 g/mol. The van der Waals surface area contributed by atoms with Crippen LogP contribution in [0.4, 0.5) is 10.1 Å². The van der Waals surface area contributed by atoms with Gasteiger partial charge in [0, 0.05) is 10.7 Å². The molecule has 168 valence electrons. The number of hydrogen-bond donors (Lipinski definition) is 1. The van der Waals surface area contributed by atoms with E-state index in [9.17, 15) is 14.4 Å². The minimum Gasteiger partial charge on any atom is -0.490 e. The molecule has 0 fully saturated rings. The van der Waals surface area contributed by atoms with E-state index in [1.165, 1.54) is 18.2 Å². The van der Waals surface area contributed by atoms with Crippen LogP contribution in [-0.4, -0.2) is 12.5 Å². The number of amides is 1. The number of anilines is 1. The molecule has 3 rings (SSSR count). The fourth-order valence-electron chi connectivity index (χ4n) is 2.90. The topological polar surface area (TPSA) is 71.3 Å². The summed E-state index contributed by atoms with van der Waals surface area (Å²) in [6.07, 6.45) is 1.40. The lowest BCUT2D eigenvalue weighted by Gasteiger charge is -2.15. The van der Waals surface area contributed by atoms with Gasteiger partial charge < -0.3 is 14.8 Å². The molecular formula is C25H19Cl2FN2O3. The van der Waals surface area contributed by atoms with Gasteiger partial charge in [0.15, 0.2) is 11.5 Å². The highest BCUT2D eigenvalue weighted by Crippen LogP contribution is 2.38. The van der Waals surface area contributed by atoms with Crippen molar-refractivity contribution in [1.82, 2.24) is 0 Å². The summed E-state index contributed by atoms with van der Waals surface area (Å²) in [6, 6.07) is 17.6. The number of nitriles is 1. The van der Waals surface area contributed by atoms with E-state index in [0.717, 1.165) is 0 Å². The Morgan fingerprint density at radius 1 is 1.12 bits per heavy atom. The summed E-state index contributed by atoms with van der Waals surface area (Å²) in [7, 11) is 0. The number of carbonyl (C=O) groups excluding carboxylic acids is 1. The van der Waals surface area contributed by atoms with E-state index in [0.29, 0.717) is 34.2 Å². The summed E-state index contributed by atoms with van der Waals surface area (Å²) in [5, 5.41) is 12.9. The minimum atomic E-state index is -0.583. The lowest BCUT2D eigenvalue weighted by Crippen LogP contribution is -2.13. The van der Waals surface area contributed by atoms with Crippen molar-refractivity contribution in [3.05, 3.63) is 93.2 Å². The number of ether oxygens (including phenoxy) is 2. The molecule has 1 amide bonds. The number of hydrogen-bond acceptors (Lipinski definition) is 4. The predicted molar refractivity (Wildman–Crippen MR) is 127 cm³/mol.